The molecule has 32 heavy (non-hydrogen) atoms. The van der Waals surface area contributed by atoms with Crippen LogP contribution in [-0.4, -0.2) is 49.1 Å². The Kier molecular flexibility index (Phi) is 6.29. The number of benzene rings is 3. The number of methoxy groups -OCH3 is 1. The number of piperidine rings is 3. The number of para-hydroxylation sites is 1. The van der Waals surface area contributed by atoms with Gasteiger partial charge in [-0.2, -0.15) is 0 Å². The van der Waals surface area contributed by atoms with Crippen LogP contribution >= 0.6 is 0 Å². The molecular weight excluding hydrogens is 392 g/mol. The van der Waals surface area contributed by atoms with E-state index in [0.29, 0.717) is 18.0 Å². The zero-order valence-corrected chi connectivity index (χ0v) is 19.2. The first kappa shape index (κ1) is 21.2. The SMILES string of the molecule is COc1ccccc1CN(C)C1C2CCN(CC2)C1C(c1ccccc1)c1ccccc1. The molecule has 2 atom stereocenters. The monoisotopic (exact) mass is 426 g/mol. The third-order valence-corrected chi connectivity index (χ3v) is 7.61. The third kappa shape index (κ3) is 4.07. The van der Waals surface area contributed by atoms with Gasteiger partial charge in [0, 0.05) is 30.1 Å². The zero-order chi connectivity index (χ0) is 21.9. The summed E-state index contributed by atoms with van der Waals surface area (Å²) in [5.74, 6) is 2.09. The van der Waals surface area contributed by atoms with E-state index in [1.807, 2.05) is 0 Å². The maximum Gasteiger partial charge on any atom is 0.123 e. The molecule has 6 rings (SSSR count). The van der Waals surface area contributed by atoms with Crippen LogP contribution in [0.25, 0.3) is 0 Å². The Morgan fingerprint density at radius 2 is 1.41 bits per heavy atom. The number of rotatable bonds is 7. The fourth-order valence-corrected chi connectivity index (χ4v) is 6.20. The highest BCUT2D eigenvalue weighted by molar-refractivity contribution is 5.37. The molecule has 0 aromatic heterocycles. The van der Waals surface area contributed by atoms with E-state index in [1.165, 1.54) is 42.6 Å². The summed E-state index contributed by atoms with van der Waals surface area (Å²) >= 11 is 0. The van der Waals surface area contributed by atoms with Crippen molar-refractivity contribution >= 4 is 0 Å². The Bertz CT molecular complexity index is 958. The van der Waals surface area contributed by atoms with Gasteiger partial charge in [-0.15, -0.1) is 0 Å². The molecule has 3 aliphatic rings. The molecule has 3 aromatic carbocycles. The lowest BCUT2D eigenvalue weighted by molar-refractivity contribution is -0.0444. The Morgan fingerprint density at radius 3 is 2.00 bits per heavy atom. The van der Waals surface area contributed by atoms with E-state index in [-0.39, 0.29) is 0 Å². The van der Waals surface area contributed by atoms with E-state index in [4.69, 9.17) is 4.74 Å². The van der Waals surface area contributed by atoms with Crippen LogP contribution < -0.4 is 4.74 Å². The summed E-state index contributed by atoms with van der Waals surface area (Å²) in [5, 5.41) is 0. The first-order valence-corrected chi connectivity index (χ1v) is 11.9. The summed E-state index contributed by atoms with van der Waals surface area (Å²) in [4.78, 5) is 5.38. The normalized spacial score (nSPS) is 24.8. The number of nitrogens with zero attached hydrogens (tertiary/aromatic N) is 2. The molecule has 0 saturated carbocycles. The summed E-state index contributed by atoms with van der Waals surface area (Å²) < 4.78 is 5.67. The average Bonchev–Trinajstić information content (AvgIpc) is 2.86. The largest absolute Gasteiger partial charge is 0.496 e. The van der Waals surface area contributed by atoms with Crippen LogP contribution in [0, 0.1) is 5.92 Å². The van der Waals surface area contributed by atoms with Crippen LogP contribution in [0.2, 0.25) is 0 Å². The van der Waals surface area contributed by atoms with E-state index in [0.717, 1.165) is 18.2 Å². The van der Waals surface area contributed by atoms with Crippen molar-refractivity contribution in [3.05, 3.63) is 102 Å². The van der Waals surface area contributed by atoms with Crippen molar-refractivity contribution in [1.82, 2.24) is 9.80 Å². The van der Waals surface area contributed by atoms with Gasteiger partial charge in [0.05, 0.1) is 7.11 Å². The molecule has 3 saturated heterocycles. The summed E-state index contributed by atoms with van der Waals surface area (Å²) in [7, 11) is 4.09. The van der Waals surface area contributed by atoms with Crippen LogP contribution in [0.5, 0.6) is 5.75 Å². The van der Waals surface area contributed by atoms with Gasteiger partial charge in [-0.05, 0) is 56.1 Å². The second-order valence-electron chi connectivity index (χ2n) is 9.38. The van der Waals surface area contributed by atoms with Crippen LogP contribution in [-0.2, 0) is 6.54 Å². The van der Waals surface area contributed by atoms with Crippen LogP contribution in [0.15, 0.2) is 84.9 Å². The van der Waals surface area contributed by atoms with Gasteiger partial charge in [0.1, 0.15) is 5.75 Å². The molecule has 166 valence electrons. The van der Waals surface area contributed by atoms with Crippen molar-refractivity contribution in [3.63, 3.8) is 0 Å². The smallest absolute Gasteiger partial charge is 0.123 e. The van der Waals surface area contributed by atoms with Crippen LogP contribution in [0.4, 0.5) is 0 Å². The molecule has 3 aliphatic heterocycles. The summed E-state index contributed by atoms with van der Waals surface area (Å²) in [6.45, 7) is 3.33. The molecule has 0 radical (unpaired) electrons. The third-order valence-electron chi connectivity index (χ3n) is 7.61. The topological polar surface area (TPSA) is 15.7 Å². The lowest BCUT2D eigenvalue weighted by Crippen LogP contribution is -2.64. The molecule has 0 aliphatic carbocycles. The number of hydrogen-bond acceptors (Lipinski definition) is 3. The highest BCUT2D eigenvalue weighted by atomic mass is 16.5. The molecule has 0 N–H and O–H groups in total. The summed E-state index contributed by atoms with van der Waals surface area (Å²) in [6.07, 6.45) is 2.60. The standard InChI is InChI=1S/C29H34N2O/c1-30(21-25-15-9-10-16-26(25)32-2)28-24-17-19-31(20-18-24)29(28)27(22-11-5-3-6-12-22)23-13-7-4-8-14-23/h3-16,24,27-29H,17-21H2,1-2H3. The number of ether oxygens (including phenoxy) is 1. The van der Waals surface area contributed by atoms with Gasteiger partial charge in [0.15, 0.2) is 0 Å². The molecule has 3 heteroatoms. The molecule has 0 amide bonds. The van der Waals surface area contributed by atoms with E-state index in [2.05, 4.69) is 102 Å². The maximum atomic E-state index is 5.67. The maximum absolute atomic E-state index is 5.67. The Balaban J connectivity index is 1.53. The van der Waals surface area contributed by atoms with E-state index in [1.54, 1.807) is 7.11 Å². The first-order chi connectivity index (χ1) is 15.8. The van der Waals surface area contributed by atoms with Gasteiger partial charge >= 0.3 is 0 Å². The van der Waals surface area contributed by atoms with Crippen LogP contribution in [0.3, 0.4) is 0 Å². The summed E-state index contributed by atoms with van der Waals surface area (Å²) in [5.41, 5.74) is 4.11. The summed E-state index contributed by atoms with van der Waals surface area (Å²) in [6, 6.07) is 31.7. The van der Waals surface area contributed by atoms with Gasteiger partial charge in [-0.3, -0.25) is 9.80 Å². The second-order valence-corrected chi connectivity index (χ2v) is 9.38. The molecule has 3 aromatic rings. The minimum atomic E-state index is 0.366. The van der Waals surface area contributed by atoms with E-state index >= 15 is 0 Å². The Hall–Kier alpha value is -2.62. The molecule has 2 bridgehead atoms. The first-order valence-electron chi connectivity index (χ1n) is 11.9. The number of fused-ring (bicyclic) bond motifs is 3. The fraction of sp³-hybridized carbons (Fsp3) is 0.379. The zero-order valence-electron chi connectivity index (χ0n) is 19.2. The van der Waals surface area contributed by atoms with E-state index in [9.17, 15) is 0 Å². The molecule has 2 unspecified atom stereocenters. The number of likely N-dealkylation sites (N-methyl/N-ethyl adjacent to an activating group) is 1. The number of hydrogen-bond donors (Lipinski definition) is 0. The van der Waals surface area contributed by atoms with Crippen molar-refractivity contribution in [2.45, 2.75) is 37.4 Å². The predicted molar refractivity (Wildman–Crippen MR) is 131 cm³/mol. The van der Waals surface area contributed by atoms with Crippen molar-refractivity contribution in [2.75, 3.05) is 27.2 Å². The quantitative estimate of drug-likeness (QED) is 0.502. The molecule has 3 fully saturated rings. The predicted octanol–water partition coefficient (Wildman–Crippen LogP) is 5.42. The lowest BCUT2D eigenvalue weighted by Gasteiger charge is -2.56. The van der Waals surface area contributed by atoms with Crippen molar-refractivity contribution in [3.8, 4) is 5.75 Å². The van der Waals surface area contributed by atoms with Gasteiger partial charge < -0.3 is 4.74 Å². The highest BCUT2D eigenvalue weighted by Crippen LogP contribution is 2.44. The van der Waals surface area contributed by atoms with Crippen molar-refractivity contribution in [2.24, 2.45) is 5.92 Å². The Labute approximate surface area is 192 Å². The van der Waals surface area contributed by atoms with E-state index < -0.39 is 0 Å². The van der Waals surface area contributed by atoms with Gasteiger partial charge in [0.2, 0.25) is 0 Å². The molecule has 0 spiro atoms. The average molecular weight is 427 g/mol. The molecule has 3 heterocycles. The molecular formula is C29H34N2O. The molecule has 3 nitrogen and oxygen atoms in total. The minimum Gasteiger partial charge on any atom is -0.496 e. The fourth-order valence-electron chi connectivity index (χ4n) is 6.20. The second kappa shape index (κ2) is 9.48. The van der Waals surface area contributed by atoms with Crippen molar-refractivity contribution < 1.29 is 4.74 Å². The highest BCUT2D eigenvalue weighted by Gasteiger charge is 2.48. The van der Waals surface area contributed by atoms with Crippen LogP contribution in [0.1, 0.15) is 35.4 Å². The van der Waals surface area contributed by atoms with Gasteiger partial charge in [0.25, 0.3) is 0 Å². The van der Waals surface area contributed by atoms with Gasteiger partial charge in [-0.25, -0.2) is 0 Å². The Morgan fingerprint density at radius 1 is 0.844 bits per heavy atom. The van der Waals surface area contributed by atoms with Crippen molar-refractivity contribution in [1.29, 1.82) is 0 Å². The van der Waals surface area contributed by atoms with Gasteiger partial charge in [-0.1, -0.05) is 78.9 Å². The minimum absolute atomic E-state index is 0.366. The lowest BCUT2D eigenvalue weighted by atomic mass is 9.70.